The van der Waals surface area contributed by atoms with E-state index in [1.165, 1.54) is 0 Å². The van der Waals surface area contributed by atoms with Crippen molar-refractivity contribution in [3.05, 3.63) is 35.9 Å². The van der Waals surface area contributed by atoms with Gasteiger partial charge >= 0.3 is 0 Å². The highest BCUT2D eigenvalue weighted by Gasteiger charge is 2.14. The third-order valence-electron chi connectivity index (χ3n) is 3.60. The summed E-state index contributed by atoms with van der Waals surface area (Å²) in [5.41, 5.74) is 7.05. The van der Waals surface area contributed by atoms with Gasteiger partial charge in [-0.05, 0) is 18.4 Å². The molecule has 5 nitrogen and oxygen atoms in total. The molecule has 1 aliphatic rings. The quantitative estimate of drug-likeness (QED) is 0.796. The average Bonchev–Trinajstić information content (AvgIpc) is 2.54. The summed E-state index contributed by atoms with van der Waals surface area (Å²) in [6.45, 7) is 2.41. The molecular formula is C16H24N2O3. The van der Waals surface area contributed by atoms with Gasteiger partial charge in [-0.25, -0.2) is 0 Å². The molecule has 1 amide bonds. The van der Waals surface area contributed by atoms with E-state index < -0.39 is 0 Å². The standard InChI is InChI=1S/C16H24N2O3/c17-15(13-4-2-1-3-5-13)12-18-16(19)8-11-21-14-6-9-20-10-7-14/h1-5,14-15H,6-12,17H2,(H,18,19). The summed E-state index contributed by atoms with van der Waals surface area (Å²) in [7, 11) is 0. The molecule has 0 saturated carbocycles. The largest absolute Gasteiger partial charge is 0.381 e. The maximum atomic E-state index is 11.7. The van der Waals surface area contributed by atoms with Gasteiger partial charge in [-0.2, -0.15) is 0 Å². The molecule has 0 radical (unpaired) electrons. The zero-order chi connectivity index (χ0) is 14.9. The zero-order valence-corrected chi connectivity index (χ0v) is 12.3. The van der Waals surface area contributed by atoms with Crippen molar-refractivity contribution < 1.29 is 14.3 Å². The van der Waals surface area contributed by atoms with Crippen molar-refractivity contribution in [1.82, 2.24) is 5.32 Å². The highest BCUT2D eigenvalue weighted by atomic mass is 16.5. The maximum absolute atomic E-state index is 11.7. The Labute approximate surface area is 125 Å². The summed E-state index contributed by atoms with van der Waals surface area (Å²) in [5, 5.41) is 2.85. The van der Waals surface area contributed by atoms with Gasteiger partial charge in [0.1, 0.15) is 0 Å². The number of hydrogen-bond acceptors (Lipinski definition) is 4. The maximum Gasteiger partial charge on any atom is 0.222 e. The molecule has 0 spiro atoms. The number of hydrogen-bond donors (Lipinski definition) is 2. The Morgan fingerprint density at radius 2 is 2.05 bits per heavy atom. The van der Waals surface area contributed by atoms with Crippen molar-refractivity contribution in [3.8, 4) is 0 Å². The summed E-state index contributed by atoms with van der Waals surface area (Å²) in [6, 6.07) is 9.59. The fourth-order valence-electron chi connectivity index (χ4n) is 2.29. The third-order valence-corrected chi connectivity index (χ3v) is 3.60. The second-order valence-electron chi connectivity index (χ2n) is 5.25. The van der Waals surface area contributed by atoms with E-state index in [9.17, 15) is 4.79 Å². The van der Waals surface area contributed by atoms with Crippen LogP contribution in [0.25, 0.3) is 0 Å². The minimum atomic E-state index is -0.174. The number of nitrogens with one attached hydrogen (secondary N) is 1. The lowest BCUT2D eigenvalue weighted by molar-refractivity contribution is -0.123. The van der Waals surface area contributed by atoms with Gasteiger partial charge in [0, 0.05) is 32.2 Å². The zero-order valence-electron chi connectivity index (χ0n) is 12.3. The molecule has 0 aromatic heterocycles. The molecule has 1 fully saturated rings. The first-order valence-electron chi connectivity index (χ1n) is 7.52. The van der Waals surface area contributed by atoms with Crippen LogP contribution in [0.1, 0.15) is 30.9 Å². The first-order valence-corrected chi connectivity index (χ1v) is 7.52. The second kappa shape index (κ2) is 8.77. The Kier molecular flexibility index (Phi) is 6.66. The van der Waals surface area contributed by atoms with E-state index in [0.717, 1.165) is 31.6 Å². The van der Waals surface area contributed by atoms with E-state index in [4.69, 9.17) is 15.2 Å². The number of carbonyl (C=O) groups excluding carboxylic acids is 1. The van der Waals surface area contributed by atoms with Crippen molar-refractivity contribution in [2.24, 2.45) is 5.73 Å². The van der Waals surface area contributed by atoms with Crippen LogP contribution in [0.4, 0.5) is 0 Å². The molecule has 1 heterocycles. The molecule has 21 heavy (non-hydrogen) atoms. The summed E-state index contributed by atoms with van der Waals surface area (Å²) in [6.07, 6.45) is 2.44. The Hall–Kier alpha value is -1.43. The highest BCUT2D eigenvalue weighted by Crippen LogP contribution is 2.11. The van der Waals surface area contributed by atoms with Gasteiger partial charge < -0.3 is 20.5 Å². The van der Waals surface area contributed by atoms with Gasteiger partial charge in [0.25, 0.3) is 0 Å². The molecule has 0 bridgehead atoms. The lowest BCUT2D eigenvalue weighted by Gasteiger charge is -2.22. The summed E-state index contributed by atoms with van der Waals surface area (Å²) in [4.78, 5) is 11.7. The molecule has 1 atom stereocenters. The molecule has 1 aromatic carbocycles. The number of benzene rings is 1. The summed E-state index contributed by atoms with van der Waals surface area (Å²) >= 11 is 0. The summed E-state index contributed by atoms with van der Waals surface area (Å²) in [5.74, 6) is -0.0200. The number of rotatable bonds is 7. The van der Waals surface area contributed by atoms with Gasteiger partial charge in [0.2, 0.25) is 5.91 Å². The SMILES string of the molecule is NC(CNC(=O)CCOC1CCOCC1)c1ccccc1. The molecular weight excluding hydrogens is 268 g/mol. The molecule has 3 N–H and O–H groups in total. The molecule has 1 aliphatic heterocycles. The number of carbonyl (C=O) groups is 1. The fourth-order valence-corrected chi connectivity index (χ4v) is 2.29. The minimum Gasteiger partial charge on any atom is -0.381 e. The van der Waals surface area contributed by atoms with Crippen LogP contribution < -0.4 is 11.1 Å². The molecule has 2 rings (SSSR count). The van der Waals surface area contributed by atoms with Crippen LogP contribution in [0.2, 0.25) is 0 Å². The Balaban J connectivity index is 1.59. The predicted octanol–water partition coefficient (Wildman–Crippen LogP) is 1.39. The van der Waals surface area contributed by atoms with Gasteiger partial charge in [0.05, 0.1) is 12.7 Å². The predicted molar refractivity (Wildman–Crippen MR) is 80.8 cm³/mol. The average molecular weight is 292 g/mol. The first kappa shape index (κ1) is 15.9. The third kappa shape index (κ3) is 5.83. The van der Waals surface area contributed by atoms with Crippen LogP contribution in [0.15, 0.2) is 30.3 Å². The van der Waals surface area contributed by atoms with Crippen LogP contribution in [-0.4, -0.2) is 38.4 Å². The van der Waals surface area contributed by atoms with Crippen molar-refractivity contribution >= 4 is 5.91 Å². The van der Waals surface area contributed by atoms with Crippen molar-refractivity contribution in [2.45, 2.75) is 31.4 Å². The fraction of sp³-hybridized carbons (Fsp3) is 0.562. The van der Waals surface area contributed by atoms with E-state index in [1.54, 1.807) is 0 Å². The van der Waals surface area contributed by atoms with Crippen LogP contribution in [0.5, 0.6) is 0 Å². The van der Waals surface area contributed by atoms with Crippen LogP contribution in [0.3, 0.4) is 0 Å². The van der Waals surface area contributed by atoms with Crippen LogP contribution >= 0.6 is 0 Å². The molecule has 1 saturated heterocycles. The lowest BCUT2D eigenvalue weighted by atomic mass is 10.1. The van der Waals surface area contributed by atoms with E-state index >= 15 is 0 Å². The second-order valence-corrected chi connectivity index (χ2v) is 5.25. The van der Waals surface area contributed by atoms with Gasteiger partial charge in [-0.15, -0.1) is 0 Å². The minimum absolute atomic E-state index is 0.0200. The highest BCUT2D eigenvalue weighted by molar-refractivity contribution is 5.76. The van der Waals surface area contributed by atoms with Crippen LogP contribution in [-0.2, 0) is 14.3 Å². The van der Waals surface area contributed by atoms with Crippen LogP contribution in [0, 0.1) is 0 Å². The molecule has 116 valence electrons. The monoisotopic (exact) mass is 292 g/mol. The van der Waals surface area contributed by atoms with Crippen molar-refractivity contribution in [2.75, 3.05) is 26.4 Å². The topological polar surface area (TPSA) is 73.6 Å². The Bertz CT molecular complexity index is 419. The molecule has 1 aromatic rings. The Morgan fingerprint density at radius 3 is 2.76 bits per heavy atom. The smallest absolute Gasteiger partial charge is 0.222 e. The van der Waals surface area contributed by atoms with E-state index in [2.05, 4.69) is 5.32 Å². The van der Waals surface area contributed by atoms with Gasteiger partial charge in [-0.3, -0.25) is 4.79 Å². The lowest BCUT2D eigenvalue weighted by Crippen LogP contribution is -2.33. The molecule has 5 heteroatoms. The normalized spacial score (nSPS) is 17.4. The summed E-state index contributed by atoms with van der Waals surface area (Å²) < 4.78 is 10.9. The van der Waals surface area contributed by atoms with Crippen molar-refractivity contribution in [1.29, 1.82) is 0 Å². The number of nitrogens with two attached hydrogens (primary N) is 1. The van der Waals surface area contributed by atoms with Crippen molar-refractivity contribution in [3.63, 3.8) is 0 Å². The van der Waals surface area contributed by atoms with E-state index in [1.807, 2.05) is 30.3 Å². The van der Waals surface area contributed by atoms with Gasteiger partial charge in [0.15, 0.2) is 0 Å². The first-order chi connectivity index (χ1) is 10.3. The molecule has 0 aliphatic carbocycles. The van der Waals surface area contributed by atoms with Gasteiger partial charge in [-0.1, -0.05) is 30.3 Å². The Morgan fingerprint density at radius 1 is 1.33 bits per heavy atom. The number of amides is 1. The number of ether oxygens (including phenoxy) is 2. The van der Waals surface area contributed by atoms with E-state index in [0.29, 0.717) is 19.6 Å². The molecule has 1 unspecified atom stereocenters. The van der Waals surface area contributed by atoms with E-state index in [-0.39, 0.29) is 18.1 Å².